The third kappa shape index (κ3) is 3.77. The Balaban J connectivity index is 2.69. The van der Waals surface area contributed by atoms with Crippen LogP contribution in [0.2, 0.25) is 0 Å². The summed E-state index contributed by atoms with van der Waals surface area (Å²) in [5, 5.41) is 8.87. The molecule has 1 aromatic carbocycles. The van der Waals surface area contributed by atoms with Gasteiger partial charge in [0.25, 0.3) is 0 Å². The number of anilines is 1. The molecule has 1 rings (SSSR count). The minimum absolute atomic E-state index is 0.357. The van der Waals surface area contributed by atoms with E-state index in [1.54, 1.807) is 6.92 Å². The number of carboxylic acid groups (broad SMARTS) is 1. The molecule has 94 valence electrons. The predicted octanol–water partition coefficient (Wildman–Crippen LogP) is 2.97. The number of hydrogen-bond acceptors (Lipinski definition) is 2. The SMILES string of the molecule is CC(CN(C)c1ccc(C(C)C)cc1)C(=O)O. The van der Waals surface area contributed by atoms with E-state index in [2.05, 4.69) is 26.0 Å². The van der Waals surface area contributed by atoms with E-state index in [0.717, 1.165) is 5.69 Å². The summed E-state index contributed by atoms with van der Waals surface area (Å²) in [6, 6.07) is 8.29. The smallest absolute Gasteiger partial charge is 0.308 e. The largest absolute Gasteiger partial charge is 0.481 e. The highest BCUT2D eigenvalue weighted by atomic mass is 16.4. The molecule has 1 N–H and O–H groups in total. The molecule has 0 spiro atoms. The second kappa shape index (κ2) is 5.71. The lowest BCUT2D eigenvalue weighted by molar-refractivity contribution is -0.140. The molecule has 0 amide bonds. The fraction of sp³-hybridized carbons (Fsp3) is 0.500. The van der Waals surface area contributed by atoms with Crippen molar-refractivity contribution in [3.63, 3.8) is 0 Å². The van der Waals surface area contributed by atoms with Gasteiger partial charge in [0.1, 0.15) is 0 Å². The van der Waals surface area contributed by atoms with E-state index in [1.165, 1.54) is 5.56 Å². The Morgan fingerprint density at radius 1 is 1.24 bits per heavy atom. The average molecular weight is 235 g/mol. The molecule has 0 heterocycles. The van der Waals surface area contributed by atoms with Crippen molar-refractivity contribution in [2.24, 2.45) is 5.92 Å². The Bertz CT molecular complexity index is 370. The number of hydrogen-bond donors (Lipinski definition) is 1. The molecule has 0 fully saturated rings. The molecule has 0 aliphatic heterocycles. The number of benzene rings is 1. The Kier molecular flexibility index (Phi) is 4.55. The molecule has 3 heteroatoms. The quantitative estimate of drug-likeness (QED) is 0.853. The first-order valence-corrected chi connectivity index (χ1v) is 5.95. The van der Waals surface area contributed by atoms with Crippen molar-refractivity contribution in [3.8, 4) is 0 Å². The van der Waals surface area contributed by atoms with Crippen LogP contribution in [0.5, 0.6) is 0 Å². The number of aliphatic carboxylic acids is 1. The van der Waals surface area contributed by atoms with Crippen molar-refractivity contribution in [2.45, 2.75) is 26.7 Å². The van der Waals surface area contributed by atoms with Crippen LogP contribution in [0.25, 0.3) is 0 Å². The van der Waals surface area contributed by atoms with Crippen LogP contribution in [-0.4, -0.2) is 24.7 Å². The van der Waals surface area contributed by atoms with Gasteiger partial charge < -0.3 is 10.0 Å². The maximum Gasteiger partial charge on any atom is 0.308 e. The van der Waals surface area contributed by atoms with Gasteiger partial charge in [-0.25, -0.2) is 0 Å². The second-order valence-electron chi connectivity index (χ2n) is 4.87. The Morgan fingerprint density at radius 3 is 2.18 bits per heavy atom. The maximum absolute atomic E-state index is 10.8. The highest BCUT2D eigenvalue weighted by molar-refractivity contribution is 5.70. The highest BCUT2D eigenvalue weighted by Crippen LogP contribution is 2.19. The van der Waals surface area contributed by atoms with E-state index >= 15 is 0 Å². The second-order valence-corrected chi connectivity index (χ2v) is 4.87. The van der Waals surface area contributed by atoms with Crippen LogP contribution < -0.4 is 4.90 Å². The molecular formula is C14H21NO2. The number of carboxylic acids is 1. The first kappa shape index (κ1) is 13.6. The molecule has 3 nitrogen and oxygen atoms in total. The average Bonchev–Trinajstić information content (AvgIpc) is 2.28. The Morgan fingerprint density at radius 2 is 1.76 bits per heavy atom. The molecule has 0 aliphatic rings. The number of carbonyl (C=O) groups is 1. The Hall–Kier alpha value is -1.51. The monoisotopic (exact) mass is 235 g/mol. The van der Waals surface area contributed by atoms with Crippen molar-refractivity contribution in [2.75, 3.05) is 18.5 Å². The van der Waals surface area contributed by atoms with E-state index in [-0.39, 0.29) is 5.92 Å². The normalized spacial score (nSPS) is 12.5. The molecule has 17 heavy (non-hydrogen) atoms. The van der Waals surface area contributed by atoms with E-state index < -0.39 is 5.97 Å². The molecule has 0 radical (unpaired) electrons. The zero-order chi connectivity index (χ0) is 13.0. The van der Waals surface area contributed by atoms with Gasteiger partial charge in [-0.3, -0.25) is 4.79 Å². The minimum Gasteiger partial charge on any atom is -0.481 e. The van der Waals surface area contributed by atoms with E-state index in [1.807, 2.05) is 24.1 Å². The fourth-order valence-corrected chi connectivity index (χ4v) is 1.71. The molecule has 1 atom stereocenters. The van der Waals surface area contributed by atoms with Crippen molar-refractivity contribution < 1.29 is 9.90 Å². The first-order chi connectivity index (χ1) is 7.91. The van der Waals surface area contributed by atoms with Crippen molar-refractivity contribution >= 4 is 11.7 Å². The first-order valence-electron chi connectivity index (χ1n) is 5.95. The predicted molar refractivity (Wildman–Crippen MR) is 70.6 cm³/mol. The van der Waals surface area contributed by atoms with Crippen LogP contribution in [0.1, 0.15) is 32.3 Å². The summed E-state index contributed by atoms with van der Waals surface area (Å²) in [4.78, 5) is 12.8. The summed E-state index contributed by atoms with van der Waals surface area (Å²) in [5.41, 5.74) is 2.36. The summed E-state index contributed by atoms with van der Waals surface area (Å²) < 4.78 is 0. The van der Waals surface area contributed by atoms with E-state index in [9.17, 15) is 4.79 Å². The molecule has 0 saturated heterocycles. The summed E-state index contributed by atoms with van der Waals surface area (Å²) in [6.07, 6.45) is 0. The van der Waals surface area contributed by atoms with E-state index in [0.29, 0.717) is 12.5 Å². The third-order valence-corrected chi connectivity index (χ3v) is 2.97. The van der Waals surface area contributed by atoms with Gasteiger partial charge >= 0.3 is 5.97 Å². The van der Waals surface area contributed by atoms with Crippen LogP contribution >= 0.6 is 0 Å². The van der Waals surface area contributed by atoms with Gasteiger partial charge in [0.15, 0.2) is 0 Å². The van der Waals surface area contributed by atoms with Crippen LogP contribution in [-0.2, 0) is 4.79 Å². The Labute approximate surface area is 103 Å². The summed E-state index contributed by atoms with van der Waals surface area (Å²) >= 11 is 0. The van der Waals surface area contributed by atoms with Gasteiger partial charge in [-0.15, -0.1) is 0 Å². The topological polar surface area (TPSA) is 40.5 Å². The van der Waals surface area contributed by atoms with Gasteiger partial charge in [-0.05, 0) is 23.6 Å². The third-order valence-electron chi connectivity index (χ3n) is 2.97. The lowest BCUT2D eigenvalue weighted by Crippen LogP contribution is -2.28. The molecule has 1 aromatic rings. The van der Waals surface area contributed by atoms with Gasteiger partial charge in [0.2, 0.25) is 0 Å². The highest BCUT2D eigenvalue weighted by Gasteiger charge is 2.13. The van der Waals surface area contributed by atoms with Gasteiger partial charge in [-0.2, -0.15) is 0 Å². The van der Waals surface area contributed by atoms with Gasteiger partial charge in [0, 0.05) is 19.3 Å². The fourth-order valence-electron chi connectivity index (χ4n) is 1.71. The zero-order valence-corrected chi connectivity index (χ0v) is 11.0. The van der Waals surface area contributed by atoms with Crippen LogP contribution in [0.4, 0.5) is 5.69 Å². The molecule has 0 bridgehead atoms. The van der Waals surface area contributed by atoms with Crippen LogP contribution in [0.3, 0.4) is 0 Å². The molecule has 0 aromatic heterocycles. The van der Waals surface area contributed by atoms with Crippen molar-refractivity contribution in [1.29, 1.82) is 0 Å². The zero-order valence-electron chi connectivity index (χ0n) is 11.0. The summed E-state index contributed by atoms with van der Waals surface area (Å²) in [7, 11) is 1.92. The summed E-state index contributed by atoms with van der Waals surface area (Å²) in [6.45, 7) is 6.56. The lowest BCUT2D eigenvalue weighted by atomic mass is 10.0. The lowest BCUT2D eigenvalue weighted by Gasteiger charge is -2.22. The molecule has 0 aliphatic carbocycles. The van der Waals surface area contributed by atoms with Gasteiger partial charge in [0.05, 0.1) is 5.92 Å². The molecule has 0 saturated carbocycles. The van der Waals surface area contributed by atoms with E-state index in [4.69, 9.17) is 5.11 Å². The van der Waals surface area contributed by atoms with Crippen LogP contribution in [0, 0.1) is 5.92 Å². The molecule has 1 unspecified atom stereocenters. The minimum atomic E-state index is -0.754. The molecular weight excluding hydrogens is 214 g/mol. The van der Waals surface area contributed by atoms with Crippen molar-refractivity contribution in [1.82, 2.24) is 0 Å². The summed E-state index contributed by atoms with van der Waals surface area (Å²) in [5.74, 6) is -0.590. The van der Waals surface area contributed by atoms with Crippen molar-refractivity contribution in [3.05, 3.63) is 29.8 Å². The maximum atomic E-state index is 10.8. The van der Waals surface area contributed by atoms with Crippen LogP contribution in [0.15, 0.2) is 24.3 Å². The number of rotatable bonds is 5. The number of nitrogens with zero attached hydrogens (tertiary/aromatic N) is 1. The van der Waals surface area contributed by atoms with Gasteiger partial charge in [-0.1, -0.05) is 32.9 Å². The standard InChI is InChI=1S/C14H21NO2/c1-10(2)12-5-7-13(8-6-12)15(4)9-11(3)14(16)17/h5-8,10-11H,9H2,1-4H3,(H,16,17).